The van der Waals surface area contributed by atoms with Crippen molar-refractivity contribution in [1.29, 1.82) is 0 Å². The van der Waals surface area contributed by atoms with Crippen LogP contribution in [0.4, 0.5) is 5.69 Å². The molecule has 1 aromatic rings. The first-order valence-corrected chi connectivity index (χ1v) is 15.9. The molecule has 218 valence electrons. The van der Waals surface area contributed by atoms with Crippen molar-refractivity contribution in [2.75, 3.05) is 31.6 Å². The number of anilines is 1. The molecule has 1 spiro atoms. The highest BCUT2D eigenvalue weighted by molar-refractivity contribution is 9.09. The molecule has 3 amide bonds. The Labute approximate surface area is 251 Å². The maximum Gasteiger partial charge on any atom is 0.251 e. The van der Waals surface area contributed by atoms with Crippen LogP contribution in [0.25, 0.3) is 0 Å². The number of aryl methyl sites for hydroxylation is 2. The quantitative estimate of drug-likeness (QED) is 0.290. The Kier molecular flexibility index (Phi) is 9.27. The standard InChI is InChI=1S/C31H42BrN3O4S/c1-8-13-33(7)28(37)24-25-29(38)35(23(17-36)19(5)10-3)27(31(25)16-21(32)26(24)40-31)30(39)34(14-9-2)22-15-18(4)11-12-20(22)6/h8-9,11-12,15,19,21,23-27,36H,1-2,10,13-14,16-17H2,3-7H3/t19-,21?,23-,24+,25-,26+,27?,31?/m0/s1. The van der Waals surface area contributed by atoms with Crippen LogP contribution in [0.1, 0.15) is 37.8 Å². The van der Waals surface area contributed by atoms with Crippen LogP contribution in [0.3, 0.4) is 0 Å². The lowest BCUT2D eigenvalue weighted by atomic mass is 9.70. The summed E-state index contributed by atoms with van der Waals surface area (Å²) in [5, 5.41) is 10.5. The molecule has 2 bridgehead atoms. The zero-order valence-corrected chi connectivity index (χ0v) is 26.6. The lowest BCUT2D eigenvalue weighted by Gasteiger charge is -2.41. The van der Waals surface area contributed by atoms with Crippen LogP contribution in [0.5, 0.6) is 0 Å². The fourth-order valence-corrected chi connectivity index (χ4v) is 10.5. The van der Waals surface area contributed by atoms with Gasteiger partial charge in [0.05, 0.1) is 29.2 Å². The molecule has 3 saturated heterocycles. The highest BCUT2D eigenvalue weighted by atomic mass is 79.9. The molecule has 0 saturated carbocycles. The molecule has 8 atom stereocenters. The van der Waals surface area contributed by atoms with Crippen LogP contribution < -0.4 is 4.90 Å². The van der Waals surface area contributed by atoms with Gasteiger partial charge in [-0.2, -0.15) is 0 Å². The van der Waals surface area contributed by atoms with E-state index in [2.05, 4.69) is 29.1 Å². The number of likely N-dealkylation sites (tertiary alicyclic amines) is 1. The van der Waals surface area contributed by atoms with Gasteiger partial charge in [0, 0.05) is 35.9 Å². The van der Waals surface area contributed by atoms with Gasteiger partial charge in [-0.3, -0.25) is 14.4 Å². The zero-order chi connectivity index (χ0) is 29.5. The van der Waals surface area contributed by atoms with E-state index in [0.29, 0.717) is 13.0 Å². The van der Waals surface area contributed by atoms with E-state index in [-0.39, 0.29) is 46.9 Å². The Morgan fingerprint density at radius 3 is 2.52 bits per heavy atom. The SMILES string of the molecule is C=CCN(C)C(=O)[C@H]1[C@@H]2SC3(CC2Br)C(C(=O)N(CC=C)c2cc(C)ccc2C)N([C@@H](CO)[C@@H](C)CC)C(=O)[C@H]13. The molecule has 3 unspecified atom stereocenters. The van der Waals surface area contributed by atoms with Gasteiger partial charge in [0.2, 0.25) is 11.8 Å². The summed E-state index contributed by atoms with van der Waals surface area (Å²) in [4.78, 5) is 48.3. The number of aliphatic hydroxyl groups is 1. The van der Waals surface area contributed by atoms with E-state index in [1.807, 2.05) is 45.9 Å². The fraction of sp³-hybridized carbons (Fsp3) is 0.581. The van der Waals surface area contributed by atoms with Crippen molar-refractivity contribution in [3.63, 3.8) is 0 Å². The lowest BCUT2D eigenvalue weighted by molar-refractivity contribution is -0.145. The first-order valence-electron chi connectivity index (χ1n) is 14.1. The van der Waals surface area contributed by atoms with Crippen LogP contribution in [0, 0.1) is 31.6 Å². The highest BCUT2D eigenvalue weighted by Gasteiger charge is 2.76. The van der Waals surface area contributed by atoms with Crippen LogP contribution in [-0.2, 0) is 14.4 Å². The Morgan fingerprint density at radius 1 is 1.25 bits per heavy atom. The number of alkyl halides is 1. The second kappa shape index (κ2) is 12.0. The molecular formula is C31H42BrN3O4S. The monoisotopic (exact) mass is 631 g/mol. The van der Waals surface area contributed by atoms with E-state index in [0.717, 1.165) is 23.2 Å². The van der Waals surface area contributed by atoms with Crippen LogP contribution in [0.2, 0.25) is 0 Å². The number of carbonyl (C=O) groups excluding carboxylic acids is 3. The van der Waals surface area contributed by atoms with E-state index in [4.69, 9.17) is 0 Å². The summed E-state index contributed by atoms with van der Waals surface area (Å²) >= 11 is 5.46. The predicted molar refractivity (Wildman–Crippen MR) is 166 cm³/mol. The number of carbonyl (C=O) groups is 3. The molecule has 3 aliphatic rings. The Morgan fingerprint density at radius 2 is 1.93 bits per heavy atom. The van der Waals surface area contributed by atoms with Crippen molar-refractivity contribution in [3.8, 4) is 0 Å². The van der Waals surface area contributed by atoms with E-state index in [1.54, 1.807) is 45.7 Å². The van der Waals surface area contributed by atoms with Crippen molar-refractivity contribution in [3.05, 3.63) is 54.6 Å². The molecule has 3 aliphatic heterocycles. The molecular weight excluding hydrogens is 590 g/mol. The molecule has 9 heteroatoms. The Hall–Kier alpha value is -2.10. The van der Waals surface area contributed by atoms with Crippen molar-refractivity contribution >= 4 is 51.1 Å². The third kappa shape index (κ3) is 4.86. The van der Waals surface area contributed by atoms with Gasteiger partial charge < -0.3 is 19.8 Å². The van der Waals surface area contributed by atoms with Crippen molar-refractivity contribution in [1.82, 2.24) is 9.80 Å². The molecule has 0 radical (unpaired) electrons. The van der Waals surface area contributed by atoms with Crippen molar-refractivity contribution < 1.29 is 19.5 Å². The third-order valence-electron chi connectivity index (χ3n) is 9.10. The number of hydrogen-bond donors (Lipinski definition) is 1. The average Bonchev–Trinajstić information content (AvgIpc) is 3.52. The maximum absolute atomic E-state index is 14.9. The minimum atomic E-state index is -0.825. The molecule has 7 nitrogen and oxygen atoms in total. The summed E-state index contributed by atoms with van der Waals surface area (Å²) in [7, 11) is 1.73. The minimum Gasteiger partial charge on any atom is -0.394 e. The second-order valence-corrected chi connectivity index (χ2v) is 14.3. The Balaban J connectivity index is 1.89. The van der Waals surface area contributed by atoms with Crippen molar-refractivity contribution in [2.24, 2.45) is 17.8 Å². The molecule has 1 aromatic carbocycles. The molecule has 40 heavy (non-hydrogen) atoms. The molecule has 0 aromatic heterocycles. The number of hydrogen-bond acceptors (Lipinski definition) is 5. The molecule has 3 heterocycles. The normalized spacial score (nSPS) is 30.1. The van der Waals surface area contributed by atoms with Gasteiger partial charge in [0.25, 0.3) is 5.91 Å². The highest BCUT2D eigenvalue weighted by Crippen LogP contribution is 2.68. The number of aliphatic hydroxyl groups excluding tert-OH is 1. The van der Waals surface area contributed by atoms with Gasteiger partial charge in [0.15, 0.2) is 0 Å². The number of nitrogens with zero attached hydrogens (tertiary/aromatic N) is 3. The largest absolute Gasteiger partial charge is 0.394 e. The number of fused-ring (bicyclic) bond motifs is 1. The minimum absolute atomic E-state index is 0.0207. The van der Waals surface area contributed by atoms with Gasteiger partial charge in [-0.05, 0) is 43.4 Å². The number of halogens is 1. The summed E-state index contributed by atoms with van der Waals surface area (Å²) in [6.45, 7) is 16.1. The molecule has 4 rings (SSSR count). The van der Waals surface area contributed by atoms with Gasteiger partial charge in [-0.25, -0.2) is 0 Å². The van der Waals surface area contributed by atoms with Crippen LogP contribution >= 0.6 is 27.7 Å². The number of amides is 3. The van der Waals surface area contributed by atoms with E-state index >= 15 is 0 Å². The first kappa shape index (κ1) is 30.8. The average molecular weight is 633 g/mol. The predicted octanol–water partition coefficient (Wildman–Crippen LogP) is 4.34. The van der Waals surface area contributed by atoms with E-state index in [9.17, 15) is 19.5 Å². The van der Waals surface area contributed by atoms with Gasteiger partial charge in [0.1, 0.15) is 6.04 Å². The fourth-order valence-electron chi connectivity index (χ4n) is 6.93. The third-order valence-corrected chi connectivity index (χ3v) is 12.3. The summed E-state index contributed by atoms with van der Waals surface area (Å²) in [5.41, 5.74) is 2.76. The van der Waals surface area contributed by atoms with Crippen LogP contribution in [0.15, 0.2) is 43.5 Å². The summed E-state index contributed by atoms with van der Waals surface area (Å²) in [5.74, 6) is -1.73. The zero-order valence-electron chi connectivity index (χ0n) is 24.2. The number of rotatable bonds is 11. The number of thioether (sulfide) groups is 1. The first-order chi connectivity index (χ1) is 19.0. The van der Waals surface area contributed by atoms with Gasteiger partial charge in [-0.1, -0.05) is 60.5 Å². The number of benzene rings is 1. The smallest absolute Gasteiger partial charge is 0.251 e. The van der Waals surface area contributed by atoms with Crippen LogP contribution in [-0.4, -0.2) is 86.3 Å². The van der Waals surface area contributed by atoms with E-state index in [1.165, 1.54) is 0 Å². The summed E-state index contributed by atoms with van der Waals surface area (Å²) in [6.07, 6.45) is 4.71. The molecule has 3 fully saturated rings. The molecule has 1 N–H and O–H groups in total. The number of likely N-dealkylation sites (N-methyl/N-ethyl adjacent to an activating group) is 1. The van der Waals surface area contributed by atoms with E-state index < -0.39 is 28.7 Å². The topological polar surface area (TPSA) is 81.2 Å². The summed E-state index contributed by atoms with van der Waals surface area (Å²) < 4.78 is -0.791. The second-order valence-electron chi connectivity index (χ2n) is 11.6. The summed E-state index contributed by atoms with van der Waals surface area (Å²) in [6, 6.07) is 4.64. The van der Waals surface area contributed by atoms with Gasteiger partial charge >= 0.3 is 0 Å². The lowest BCUT2D eigenvalue weighted by Crippen LogP contribution is -2.59. The maximum atomic E-state index is 14.9. The molecule has 0 aliphatic carbocycles. The Bertz CT molecular complexity index is 1190. The van der Waals surface area contributed by atoms with Crippen molar-refractivity contribution in [2.45, 2.75) is 67.4 Å². The van der Waals surface area contributed by atoms with Gasteiger partial charge in [-0.15, -0.1) is 24.9 Å².